The molecule has 1 aliphatic carbocycles. The molecule has 1 aliphatic heterocycles. The van der Waals surface area contributed by atoms with Gasteiger partial charge >= 0.3 is 6.36 Å². The van der Waals surface area contributed by atoms with Crippen molar-refractivity contribution in [3.05, 3.63) is 46.8 Å². The summed E-state index contributed by atoms with van der Waals surface area (Å²) in [6, 6.07) is 6.19. The van der Waals surface area contributed by atoms with Crippen molar-refractivity contribution in [1.29, 1.82) is 0 Å². The second-order valence-electron chi connectivity index (χ2n) is 7.78. The van der Waals surface area contributed by atoms with E-state index in [0.29, 0.717) is 17.7 Å². The number of hydrogen-bond donors (Lipinski definition) is 1. The molecular formula is C21H25F3N4O2S. The summed E-state index contributed by atoms with van der Waals surface area (Å²) in [5.41, 5.74) is 2.97. The van der Waals surface area contributed by atoms with Crippen LogP contribution in [0.3, 0.4) is 0 Å². The Hall–Kier alpha value is -2.20. The Bertz CT molecular complexity index is 941. The molecule has 1 amide bonds. The summed E-state index contributed by atoms with van der Waals surface area (Å²) >= 11 is 1.84. The number of fused-ring (bicyclic) bond motifs is 1. The van der Waals surface area contributed by atoms with Crippen molar-refractivity contribution >= 4 is 17.7 Å². The first-order valence-corrected chi connectivity index (χ1v) is 11.5. The summed E-state index contributed by atoms with van der Waals surface area (Å²) < 4.78 is 43.9. The van der Waals surface area contributed by atoms with E-state index in [9.17, 15) is 18.0 Å². The van der Waals surface area contributed by atoms with Crippen LogP contribution in [-0.4, -0.2) is 57.6 Å². The number of thioether (sulfide) groups is 1. The number of amides is 1. The molecule has 168 valence electrons. The van der Waals surface area contributed by atoms with Crippen LogP contribution in [0.1, 0.15) is 33.7 Å². The van der Waals surface area contributed by atoms with E-state index in [4.69, 9.17) is 0 Å². The predicted octanol–water partition coefficient (Wildman–Crippen LogP) is 3.15. The van der Waals surface area contributed by atoms with Gasteiger partial charge in [-0.25, -0.2) is 0 Å². The van der Waals surface area contributed by atoms with Crippen molar-refractivity contribution in [2.24, 2.45) is 7.05 Å². The lowest BCUT2D eigenvalue weighted by Crippen LogP contribution is -2.39. The Morgan fingerprint density at radius 2 is 2.03 bits per heavy atom. The number of rotatable bonds is 5. The third-order valence-electron chi connectivity index (χ3n) is 5.74. The molecule has 2 heterocycles. The Labute approximate surface area is 183 Å². The van der Waals surface area contributed by atoms with Crippen LogP contribution in [0.25, 0.3) is 0 Å². The quantitative estimate of drug-likeness (QED) is 0.752. The SMILES string of the molecule is Cn1nc(C(=O)N2CCSCC2)c2c1CC[C@@H](NCc1ccccc1OC(F)(F)F)C2. The fourth-order valence-electron chi connectivity index (χ4n) is 4.18. The zero-order valence-corrected chi connectivity index (χ0v) is 18.1. The maximum atomic E-state index is 13.0. The first-order valence-electron chi connectivity index (χ1n) is 10.3. The molecular weight excluding hydrogens is 429 g/mol. The number of nitrogens with zero attached hydrogens (tertiary/aromatic N) is 3. The zero-order chi connectivity index (χ0) is 22.0. The van der Waals surface area contributed by atoms with Gasteiger partial charge in [0.1, 0.15) is 5.75 Å². The summed E-state index contributed by atoms with van der Waals surface area (Å²) in [4.78, 5) is 14.9. The molecule has 0 unspecified atom stereocenters. The van der Waals surface area contributed by atoms with E-state index in [0.717, 1.165) is 48.7 Å². The minimum absolute atomic E-state index is 0.0262. The van der Waals surface area contributed by atoms with E-state index in [-0.39, 0.29) is 24.2 Å². The van der Waals surface area contributed by atoms with Crippen LogP contribution in [-0.2, 0) is 26.4 Å². The van der Waals surface area contributed by atoms with Gasteiger partial charge in [-0.15, -0.1) is 13.2 Å². The predicted molar refractivity (Wildman–Crippen MR) is 112 cm³/mol. The highest BCUT2D eigenvalue weighted by atomic mass is 32.2. The standard InChI is InChI=1S/C21H25F3N4O2S/c1-27-17-7-6-15(25-13-14-4-2-3-5-18(14)30-21(22,23)24)12-16(17)19(26-27)20(29)28-8-10-31-11-9-28/h2-5,15,25H,6-13H2,1H3/t15-/m1/s1. The van der Waals surface area contributed by atoms with Crippen molar-refractivity contribution in [3.8, 4) is 5.75 Å². The van der Waals surface area contributed by atoms with E-state index in [1.807, 2.05) is 23.7 Å². The molecule has 0 bridgehead atoms. The Balaban J connectivity index is 1.45. The molecule has 0 spiro atoms. The van der Waals surface area contributed by atoms with E-state index in [1.54, 1.807) is 16.8 Å². The van der Waals surface area contributed by atoms with E-state index in [2.05, 4.69) is 15.2 Å². The van der Waals surface area contributed by atoms with Gasteiger partial charge in [0, 0.05) is 61.1 Å². The normalized spacial score (nSPS) is 19.2. The molecule has 1 N–H and O–H groups in total. The third kappa shape index (κ3) is 5.17. The van der Waals surface area contributed by atoms with Crippen LogP contribution >= 0.6 is 11.8 Å². The van der Waals surface area contributed by atoms with Crippen LogP contribution in [0, 0.1) is 0 Å². The smallest absolute Gasteiger partial charge is 0.405 e. The first kappa shape index (κ1) is 22.0. The van der Waals surface area contributed by atoms with Gasteiger partial charge in [-0.2, -0.15) is 16.9 Å². The number of aromatic nitrogens is 2. The van der Waals surface area contributed by atoms with Crippen molar-refractivity contribution < 1.29 is 22.7 Å². The number of carbonyl (C=O) groups excluding carboxylic acids is 1. The Morgan fingerprint density at radius 3 is 2.77 bits per heavy atom. The molecule has 31 heavy (non-hydrogen) atoms. The summed E-state index contributed by atoms with van der Waals surface area (Å²) in [6.45, 7) is 1.71. The lowest BCUT2D eigenvalue weighted by atomic mass is 9.91. The molecule has 1 saturated heterocycles. The molecule has 0 saturated carbocycles. The average Bonchev–Trinajstić information content (AvgIpc) is 3.08. The molecule has 0 radical (unpaired) electrons. The first-order chi connectivity index (χ1) is 14.8. The summed E-state index contributed by atoms with van der Waals surface area (Å²) in [5, 5.41) is 7.87. The van der Waals surface area contributed by atoms with Gasteiger partial charge < -0.3 is 15.0 Å². The van der Waals surface area contributed by atoms with Gasteiger partial charge in [-0.05, 0) is 25.3 Å². The number of ether oxygens (including phenoxy) is 1. The summed E-state index contributed by atoms with van der Waals surface area (Å²) in [7, 11) is 1.86. The molecule has 2 aromatic rings. The average molecular weight is 455 g/mol. The molecule has 1 aromatic heterocycles. The maximum absolute atomic E-state index is 13.0. The fourth-order valence-corrected chi connectivity index (χ4v) is 5.08. The monoisotopic (exact) mass is 454 g/mol. The second-order valence-corrected chi connectivity index (χ2v) is 9.00. The Morgan fingerprint density at radius 1 is 1.29 bits per heavy atom. The number of benzene rings is 1. The molecule has 2 aliphatic rings. The fraction of sp³-hybridized carbons (Fsp3) is 0.524. The number of halogens is 3. The van der Waals surface area contributed by atoms with E-state index >= 15 is 0 Å². The number of para-hydroxylation sites is 1. The van der Waals surface area contributed by atoms with Crippen LogP contribution < -0.4 is 10.1 Å². The number of alkyl halides is 3. The summed E-state index contributed by atoms with van der Waals surface area (Å²) in [5.74, 6) is 1.65. The van der Waals surface area contributed by atoms with Crippen LogP contribution in [0.5, 0.6) is 5.75 Å². The number of aryl methyl sites for hydroxylation is 1. The lowest BCUT2D eigenvalue weighted by Gasteiger charge is -2.27. The zero-order valence-electron chi connectivity index (χ0n) is 17.2. The van der Waals surface area contributed by atoms with E-state index in [1.165, 1.54) is 12.1 Å². The van der Waals surface area contributed by atoms with Crippen LogP contribution in [0.4, 0.5) is 13.2 Å². The van der Waals surface area contributed by atoms with Gasteiger partial charge in [0.2, 0.25) is 0 Å². The molecule has 6 nitrogen and oxygen atoms in total. The number of hydrogen-bond acceptors (Lipinski definition) is 5. The van der Waals surface area contributed by atoms with Crippen LogP contribution in [0.15, 0.2) is 24.3 Å². The van der Waals surface area contributed by atoms with E-state index < -0.39 is 6.36 Å². The van der Waals surface area contributed by atoms with Crippen molar-refractivity contribution in [2.45, 2.75) is 38.2 Å². The largest absolute Gasteiger partial charge is 0.573 e. The molecule has 1 aromatic carbocycles. The molecule has 1 atom stereocenters. The lowest BCUT2D eigenvalue weighted by molar-refractivity contribution is -0.274. The van der Waals surface area contributed by atoms with Gasteiger partial charge in [0.25, 0.3) is 5.91 Å². The van der Waals surface area contributed by atoms with Gasteiger partial charge in [0.05, 0.1) is 0 Å². The number of nitrogens with one attached hydrogen (secondary N) is 1. The van der Waals surface area contributed by atoms with Crippen LogP contribution in [0.2, 0.25) is 0 Å². The van der Waals surface area contributed by atoms with Crippen molar-refractivity contribution in [2.75, 3.05) is 24.6 Å². The molecule has 10 heteroatoms. The highest BCUT2D eigenvalue weighted by molar-refractivity contribution is 7.99. The third-order valence-corrected chi connectivity index (χ3v) is 6.68. The van der Waals surface area contributed by atoms with Gasteiger partial charge in [-0.1, -0.05) is 18.2 Å². The van der Waals surface area contributed by atoms with Crippen molar-refractivity contribution in [3.63, 3.8) is 0 Å². The topological polar surface area (TPSA) is 59.4 Å². The van der Waals surface area contributed by atoms with Crippen molar-refractivity contribution in [1.82, 2.24) is 20.0 Å². The summed E-state index contributed by atoms with van der Waals surface area (Å²) in [6.07, 6.45) is -2.52. The van der Waals surface area contributed by atoms with Gasteiger partial charge in [-0.3, -0.25) is 9.48 Å². The number of carbonyl (C=O) groups is 1. The second kappa shape index (κ2) is 9.12. The maximum Gasteiger partial charge on any atom is 0.573 e. The minimum Gasteiger partial charge on any atom is -0.405 e. The van der Waals surface area contributed by atoms with Gasteiger partial charge in [0.15, 0.2) is 5.69 Å². The highest BCUT2D eigenvalue weighted by Crippen LogP contribution is 2.28. The minimum atomic E-state index is -4.73. The molecule has 1 fully saturated rings. The Kier molecular flexibility index (Phi) is 6.47. The molecule has 4 rings (SSSR count). The highest BCUT2D eigenvalue weighted by Gasteiger charge is 2.33.